The number of ketones is 1. The number of carbonyl (C=O) groups excluding carboxylic acids is 1. The maximum absolute atomic E-state index is 13.2. The number of rotatable bonds is 1. The SMILES string of the molecule is O=C1CC(c2cc(Cl)cc(Cl)c2)Oc2ccc(F)cc21. The molecule has 102 valence electrons. The summed E-state index contributed by atoms with van der Waals surface area (Å²) in [7, 11) is 0. The predicted octanol–water partition coefficient (Wildman–Crippen LogP) is 4.84. The van der Waals surface area contributed by atoms with Gasteiger partial charge < -0.3 is 4.74 Å². The fourth-order valence-electron chi connectivity index (χ4n) is 2.24. The molecule has 1 aliphatic rings. The molecule has 5 heteroatoms. The van der Waals surface area contributed by atoms with Crippen LogP contribution in [0.1, 0.15) is 28.4 Å². The van der Waals surface area contributed by atoms with Crippen LogP contribution in [-0.2, 0) is 0 Å². The van der Waals surface area contributed by atoms with Gasteiger partial charge in [-0.1, -0.05) is 23.2 Å². The Morgan fingerprint density at radius 2 is 1.80 bits per heavy atom. The molecule has 1 heterocycles. The van der Waals surface area contributed by atoms with E-state index < -0.39 is 11.9 Å². The molecule has 2 aromatic carbocycles. The molecule has 0 saturated heterocycles. The second-order valence-electron chi connectivity index (χ2n) is 4.58. The molecule has 0 spiro atoms. The van der Waals surface area contributed by atoms with Crippen molar-refractivity contribution in [2.24, 2.45) is 0 Å². The summed E-state index contributed by atoms with van der Waals surface area (Å²) in [5.41, 5.74) is 1.00. The summed E-state index contributed by atoms with van der Waals surface area (Å²) in [5.74, 6) is -0.236. The molecule has 0 aliphatic carbocycles. The van der Waals surface area contributed by atoms with Gasteiger partial charge in [0.15, 0.2) is 5.78 Å². The summed E-state index contributed by atoms with van der Waals surface area (Å²) in [6.07, 6.45) is -0.329. The lowest BCUT2D eigenvalue weighted by Gasteiger charge is -2.25. The van der Waals surface area contributed by atoms with E-state index in [1.165, 1.54) is 18.2 Å². The van der Waals surface area contributed by atoms with Crippen molar-refractivity contribution in [2.75, 3.05) is 0 Å². The molecule has 20 heavy (non-hydrogen) atoms. The molecule has 0 aromatic heterocycles. The van der Waals surface area contributed by atoms with Crippen molar-refractivity contribution in [3.8, 4) is 5.75 Å². The van der Waals surface area contributed by atoms with Gasteiger partial charge in [-0.15, -0.1) is 0 Å². The molecule has 1 atom stereocenters. The third-order valence-corrected chi connectivity index (χ3v) is 3.58. The molecule has 0 radical (unpaired) electrons. The fourth-order valence-corrected chi connectivity index (χ4v) is 2.79. The first-order valence-corrected chi connectivity index (χ1v) is 6.74. The molecule has 0 fully saturated rings. The van der Waals surface area contributed by atoms with Crippen molar-refractivity contribution in [2.45, 2.75) is 12.5 Å². The lowest BCUT2D eigenvalue weighted by molar-refractivity contribution is 0.0849. The van der Waals surface area contributed by atoms with Crippen LogP contribution in [0.5, 0.6) is 5.75 Å². The van der Waals surface area contributed by atoms with Crippen LogP contribution in [0, 0.1) is 5.82 Å². The van der Waals surface area contributed by atoms with E-state index in [9.17, 15) is 9.18 Å². The van der Waals surface area contributed by atoms with Gasteiger partial charge in [-0.05, 0) is 42.0 Å². The van der Waals surface area contributed by atoms with E-state index in [1.807, 2.05) is 0 Å². The van der Waals surface area contributed by atoms with Gasteiger partial charge in [-0.2, -0.15) is 0 Å². The highest BCUT2D eigenvalue weighted by molar-refractivity contribution is 6.34. The molecule has 0 amide bonds. The van der Waals surface area contributed by atoms with E-state index in [2.05, 4.69) is 0 Å². The van der Waals surface area contributed by atoms with E-state index in [-0.39, 0.29) is 17.8 Å². The minimum atomic E-state index is -0.461. The maximum atomic E-state index is 13.2. The van der Waals surface area contributed by atoms with Crippen LogP contribution in [0.4, 0.5) is 4.39 Å². The van der Waals surface area contributed by atoms with E-state index in [0.29, 0.717) is 15.8 Å². The molecule has 0 bridgehead atoms. The number of ether oxygens (including phenoxy) is 1. The van der Waals surface area contributed by atoms with Crippen LogP contribution < -0.4 is 4.74 Å². The lowest BCUT2D eigenvalue weighted by Crippen LogP contribution is -2.20. The summed E-state index contributed by atoms with van der Waals surface area (Å²) >= 11 is 11.9. The number of fused-ring (bicyclic) bond motifs is 1. The number of halogens is 3. The van der Waals surface area contributed by atoms with Crippen molar-refractivity contribution >= 4 is 29.0 Å². The van der Waals surface area contributed by atoms with E-state index in [4.69, 9.17) is 27.9 Å². The Hall–Kier alpha value is -1.58. The first-order chi connectivity index (χ1) is 9.52. The van der Waals surface area contributed by atoms with E-state index >= 15 is 0 Å². The molecular formula is C15H9Cl2FO2. The highest BCUT2D eigenvalue weighted by Gasteiger charge is 2.28. The summed E-state index contributed by atoms with van der Waals surface area (Å²) in [4.78, 5) is 12.1. The molecular weight excluding hydrogens is 302 g/mol. The molecule has 0 N–H and O–H groups in total. The van der Waals surface area contributed by atoms with Crippen molar-refractivity contribution < 1.29 is 13.9 Å². The molecule has 0 saturated carbocycles. The average molecular weight is 311 g/mol. The summed E-state index contributed by atoms with van der Waals surface area (Å²) in [6, 6.07) is 8.94. The average Bonchev–Trinajstić information content (AvgIpc) is 2.38. The molecule has 2 nitrogen and oxygen atoms in total. The van der Waals surface area contributed by atoms with E-state index in [1.54, 1.807) is 18.2 Å². The highest BCUT2D eigenvalue weighted by Crippen LogP contribution is 2.36. The zero-order valence-electron chi connectivity index (χ0n) is 10.2. The number of benzene rings is 2. The first kappa shape index (κ1) is 13.4. The van der Waals surface area contributed by atoms with Gasteiger partial charge in [-0.25, -0.2) is 4.39 Å². The minimum absolute atomic E-state index is 0.132. The topological polar surface area (TPSA) is 26.3 Å². The van der Waals surface area contributed by atoms with Crippen LogP contribution in [0.2, 0.25) is 10.0 Å². The number of hydrogen-bond acceptors (Lipinski definition) is 2. The van der Waals surface area contributed by atoms with Gasteiger partial charge >= 0.3 is 0 Å². The van der Waals surface area contributed by atoms with Crippen LogP contribution in [0.25, 0.3) is 0 Å². The highest BCUT2D eigenvalue weighted by atomic mass is 35.5. The maximum Gasteiger partial charge on any atom is 0.170 e. The van der Waals surface area contributed by atoms with Crippen LogP contribution in [0.3, 0.4) is 0 Å². The monoisotopic (exact) mass is 310 g/mol. The van der Waals surface area contributed by atoms with Crippen LogP contribution in [0.15, 0.2) is 36.4 Å². The quantitative estimate of drug-likeness (QED) is 0.753. The normalized spacial score (nSPS) is 17.6. The molecule has 1 aliphatic heterocycles. The van der Waals surface area contributed by atoms with Gasteiger partial charge in [0, 0.05) is 10.0 Å². The Labute approximate surface area is 125 Å². The number of hydrogen-bond donors (Lipinski definition) is 0. The number of carbonyl (C=O) groups is 1. The zero-order valence-corrected chi connectivity index (χ0v) is 11.7. The summed E-state index contributed by atoms with van der Waals surface area (Å²) in [5, 5.41) is 0.960. The Bertz CT molecular complexity index is 680. The third-order valence-electron chi connectivity index (χ3n) is 3.14. The smallest absolute Gasteiger partial charge is 0.170 e. The first-order valence-electron chi connectivity index (χ1n) is 5.98. The number of Topliss-reactive ketones (excluding diaryl/α,β-unsaturated/α-hetero) is 1. The van der Waals surface area contributed by atoms with Crippen LogP contribution in [-0.4, -0.2) is 5.78 Å². The third kappa shape index (κ3) is 2.51. The van der Waals surface area contributed by atoms with E-state index in [0.717, 1.165) is 5.56 Å². The van der Waals surface area contributed by atoms with Gasteiger partial charge in [0.1, 0.15) is 17.7 Å². The van der Waals surface area contributed by atoms with Crippen molar-refractivity contribution in [1.29, 1.82) is 0 Å². The zero-order chi connectivity index (χ0) is 14.3. The Balaban J connectivity index is 1.99. The van der Waals surface area contributed by atoms with Gasteiger partial charge in [0.25, 0.3) is 0 Å². The predicted molar refractivity (Wildman–Crippen MR) is 75.2 cm³/mol. The standard InChI is InChI=1S/C15H9Cl2FO2/c16-9-3-8(4-10(17)5-9)15-7-13(19)12-6-11(18)1-2-14(12)20-15/h1-6,15H,7H2. The molecule has 3 rings (SSSR count). The van der Waals surface area contributed by atoms with Gasteiger partial charge in [0.2, 0.25) is 0 Å². The minimum Gasteiger partial charge on any atom is -0.484 e. The largest absolute Gasteiger partial charge is 0.484 e. The molecule has 1 unspecified atom stereocenters. The Morgan fingerprint density at radius 1 is 1.10 bits per heavy atom. The van der Waals surface area contributed by atoms with Crippen molar-refractivity contribution in [3.05, 3.63) is 63.4 Å². The second-order valence-corrected chi connectivity index (χ2v) is 5.45. The Morgan fingerprint density at radius 3 is 2.50 bits per heavy atom. The summed E-state index contributed by atoms with van der Waals surface area (Å²) in [6.45, 7) is 0. The Kier molecular flexibility index (Phi) is 3.40. The van der Waals surface area contributed by atoms with Crippen molar-refractivity contribution in [3.63, 3.8) is 0 Å². The van der Waals surface area contributed by atoms with Crippen molar-refractivity contribution in [1.82, 2.24) is 0 Å². The lowest BCUT2D eigenvalue weighted by atomic mass is 9.96. The van der Waals surface area contributed by atoms with Gasteiger partial charge in [0.05, 0.1) is 12.0 Å². The second kappa shape index (κ2) is 5.08. The summed E-state index contributed by atoms with van der Waals surface area (Å²) < 4.78 is 18.9. The van der Waals surface area contributed by atoms with Crippen LogP contribution >= 0.6 is 23.2 Å². The fraction of sp³-hybridized carbons (Fsp3) is 0.133. The van der Waals surface area contributed by atoms with Gasteiger partial charge in [-0.3, -0.25) is 4.79 Å². The molecule has 2 aromatic rings.